The first-order chi connectivity index (χ1) is 4.56. The van der Waals surface area contributed by atoms with Crippen molar-refractivity contribution in [2.24, 2.45) is 0 Å². The van der Waals surface area contributed by atoms with Crippen LogP contribution >= 0.6 is 0 Å². The molecule has 0 spiro atoms. The van der Waals surface area contributed by atoms with E-state index in [1.807, 2.05) is 0 Å². The molecule has 0 aliphatic rings. The Morgan fingerprint density at radius 3 is 2.00 bits per heavy atom. The minimum atomic E-state index is -3.79. The number of rotatable bonds is 5. The molecule has 2 N–H and O–H groups in total. The summed E-state index contributed by atoms with van der Waals surface area (Å²) < 4.78 is 28.4. The van der Waals surface area contributed by atoms with Crippen LogP contribution in [0.15, 0.2) is 0 Å². The summed E-state index contributed by atoms with van der Waals surface area (Å²) in [4.78, 5) is 0. The monoisotopic (exact) mass is 191 g/mol. The van der Waals surface area contributed by atoms with Gasteiger partial charge in [-0.1, -0.05) is 6.42 Å². The molecule has 0 aromatic rings. The standard InChI is InChI=1S/C5H12O4S.Na/c6-4-2-1-3-5-10(7,8)9;/h6H,1-5H2,(H,7,8,9);/q;+1. The summed E-state index contributed by atoms with van der Waals surface area (Å²) in [6.07, 6.45) is 1.64. The van der Waals surface area contributed by atoms with E-state index in [2.05, 4.69) is 0 Å². The van der Waals surface area contributed by atoms with Crippen molar-refractivity contribution in [1.29, 1.82) is 0 Å². The minimum Gasteiger partial charge on any atom is -0.396 e. The van der Waals surface area contributed by atoms with Crippen molar-refractivity contribution in [1.82, 2.24) is 0 Å². The van der Waals surface area contributed by atoms with Gasteiger partial charge in [-0.25, -0.2) is 0 Å². The number of aliphatic hydroxyl groups excluding tert-OH is 1. The van der Waals surface area contributed by atoms with Gasteiger partial charge < -0.3 is 5.11 Å². The molecule has 11 heavy (non-hydrogen) atoms. The summed E-state index contributed by atoms with van der Waals surface area (Å²) in [6.45, 7) is 0.0749. The minimum absolute atomic E-state index is 0. The quantitative estimate of drug-likeness (QED) is 0.277. The molecule has 0 saturated heterocycles. The van der Waals surface area contributed by atoms with Crippen LogP contribution in [0, 0.1) is 0 Å². The maximum Gasteiger partial charge on any atom is 1.00 e. The second kappa shape index (κ2) is 7.52. The van der Waals surface area contributed by atoms with Crippen molar-refractivity contribution in [2.75, 3.05) is 12.4 Å². The van der Waals surface area contributed by atoms with Crippen LogP contribution in [0.2, 0.25) is 0 Å². The van der Waals surface area contributed by atoms with Crippen LogP contribution in [0.4, 0.5) is 0 Å². The third-order valence-electron chi connectivity index (χ3n) is 1.06. The predicted molar refractivity (Wildman–Crippen MR) is 37.4 cm³/mol. The molecule has 0 radical (unpaired) electrons. The first-order valence-electron chi connectivity index (χ1n) is 3.12. The first kappa shape index (κ1) is 14.4. The number of hydrogen-bond donors (Lipinski definition) is 2. The molecule has 0 atom stereocenters. The molecule has 0 bridgehead atoms. The second-order valence-corrected chi connectivity index (χ2v) is 3.64. The smallest absolute Gasteiger partial charge is 0.396 e. The third-order valence-corrected chi connectivity index (χ3v) is 1.86. The summed E-state index contributed by atoms with van der Waals surface area (Å²) in [6, 6.07) is 0. The fourth-order valence-electron chi connectivity index (χ4n) is 0.573. The van der Waals surface area contributed by atoms with Crippen LogP contribution in [-0.2, 0) is 10.1 Å². The van der Waals surface area contributed by atoms with E-state index < -0.39 is 10.1 Å². The van der Waals surface area contributed by atoms with Gasteiger partial charge in [-0.05, 0) is 12.8 Å². The summed E-state index contributed by atoms with van der Waals surface area (Å²) >= 11 is 0. The van der Waals surface area contributed by atoms with E-state index >= 15 is 0 Å². The molecular formula is C5H12NaO4S+. The van der Waals surface area contributed by atoms with Gasteiger partial charge in [-0.3, -0.25) is 4.55 Å². The Morgan fingerprint density at radius 2 is 1.64 bits per heavy atom. The average molecular weight is 191 g/mol. The normalized spacial score (nSPS) is 10.7. The van der Waals surface area contributed by atoms with Crippen LogP contribution in [0.5, 0.6) is 0 Å². The molecule has 0 saturated carbocycles. The molecule has 0 unspecified atom stereocenters. The third kappa shape index (κ3) is 13.8. The van der Waals surface area contributed by atoms with E-state index in [9.17, 15) is 8.42 Å². The van der Waals surface area contributed by atoms with Crippen LogP contribution < -0.4 is 29.6 Å². The molecule has 0 heterocycles. The fourth-order valence-corrected chi connectivity index (χ4v) is 1.14. The molecule has 0 aliphatic carbocycles. The van der Waals surface area contributed by atoms with Gasteiger partial charge in [-0.2, -0.15) is 8.42 Å². The second-order valence-electron chi connectivity index (χ2n) is 2.07. The zero-order chi connectivity index (χ0) is 8.04. The number of unbranched alkanes of at least 4 members (excludes halogenated alkanes) is 2. The molecule has 4 nitrogen and oxygen atoms in total. The van der Waals surface area contributed by atoms with Gasteiger partial charge in [-0.15, -0.1) is 0 Å². The Labute approximate surface area is 89.0 Å². The number of hydrogen-bond acceptors (Lipinski definition) is 3. The van der Waals surface area contributed by atoms with Crippen LogP contribution in [-0.4, -0.2) is 30.4 Å². The fraction of sp³-hybridized carbons (Fsp3) is 1.00. The van der Waals surface area contributed by atoms with E-state index in [0.717, 1.165) is 0 Å². The van der Waals surface area contributed by atoms with Crippen molar-refractivity contribution in [3.8, 4) is 0 Å². The summed E-state index contributed by atoms with van der Waals surface area (Å²) in [7, 11) is -3.79. The zero-order valence-corrected chi connectivity index (χ0v) is 9.47. The summed E-state index contributed by atoms with van der Waals surface area (Å²) in [5, 5.41) is 8.28. The Balaban J connectivity index is 0. The van der Waals surface area contributed by atoms with E-state index in [1.54, 1.807) is 0 Å². The van der Waals surface area contributed by atoms with Crippen LogP contribution in [0.25, 0.3) is 0 Å². The molecule has 0 aromatic heterocycles. The Hall–Kier alpha value is 0.870. The van der Waals surface area contributed by atoms with Crippen LogP contribution in [0.3, 0.4) is 0 Å². The molecule has 6 heteroatoms. The van der Waals surface area contributed by atoms with Gasteiger partial charge >= 0.3 is 29.6 Å². The summed E-state index contributed by atoms with van der Waals surface area (Å²) in [5.41, 5.74) is 0. The summed E-state index contributed by atoms with van der Waals surface area (Å²) in [5.74, 6) is -0.201. The van der Waals surface area contributed by atoms with Gasteiger partial charge in [0.25, 0.3) is 10.1 Å². The zero-order valence-electron chi connectivity index (χ0n) is 6.65. The van der Waals surface area contributed by atoms with Gasteiger partial charge in [0.15, 0.2) is 0 Å². The Morgan fingerprint density at radius 1 is 1.09 bits per heavy atom. The van der Waals surface area contributed by atoms with E-state index in [4.69, 9.17) is 9.66 Å². The van der Waals surface area contributed by atoms with Crippen LogP contribution in [0.1, 0.15) is 19.3 Å². The van der Waals surface area contributed by atoms with Crippen molar-refractivity contribution >= 4 is 10.1 Å². The first-order valence-corrected chi connectivity index (χ1v) is 4.73. The molecule has 0 aliphatic heterocycles. The molecular weight excluding hydrogens is 179 g/mol. The molecule has 0 rings (SSSR count). The SMILES string of the molecule is O=S(=O)(O)CCCCCO.[Na+]. The maximum absolute atomic E-state index is 10.1. The van der Waals surface area contributed by atoms with Crippen molar-refractivity contribution in [2.45, 2.75) is 19.3 Å². The number of aliphatic hydroxyl groups is 1. The van der Waals surface area contributed by atoms with E-state index in [0.29, 0.717) is 19.3 Å². The van der Waals surface area contributed by atoms with Crippen molar-refractivity contribution in [3.63, 3.8) is 0 Å². The molecule has 62 valence electrons. The topological polar surface area (TPSA) is 74.6 Å². The van der Waals surface area contributed by atoms with Gasteiger partial charge in [0.1, 0.15) is 0 Å². The van der Waals surface area contributed by atoms with Gasteiger partial charge in [0.2, 0.25) is 0 Å². The van der Waals surface area contributed by atoms with E-state index in [1.165, 1.54) is 0 Å². The predicted octanol–water partition coefficient (Wildman–Crippen LogP) is -2.96. The van der Waals surface area contributed by atoms with Gasteiger partial charge in [0, 0.05) is 6.61 Å². The Bertz CT molecular complexity index is 165. The van der Waals surface area contributed by atoms with E-state index in [-0.39, 0.29) is 41.9 Å². The Kier molecular flexibility index (Phi) is 9.84. The molecule has 0 amide bonds. The van der Waals surface area contributed by atoms with Crippen molar-refractivity contribution < 1.29 is 47.6 Å². The molecule has 0 aromatic carbocycles. The van der Waals surface area contributed by atoms with Gasteiger partial charge in [0.05, 0.1) is 5.75 Å². The molecule has 0 fully saturated rings. The average Bonchev–Trinajstić information content (AvgIpc) is 1.78. The largest absolute Gasteiger partial charge is 1.00 e. The van der Waals surface area contributed by atoms with Crippen molar-refractivity contribution in [3.05, 3.63) is 0 Å². The maximum atomic E-state index is 10.1.